The van der Waals surface area contributed by atoms with E-state index in [9.17, 15) is 9.59 Å². The van der Waals surface area contributed by atoms with Gasteiger partial charge in [-0.3, -0.25) is 9.59 Å². The zero-order valence-corrected chi connectivity index (χ0v) is 16.7. The number of piperidine rings is 1. The molecule has 2 amide bonds. The van der Waals surface area contributed by atoms with Crippen LogP contribution in [0.2, 0.25) is 5.02 Å². The van der Waals surface area contributed by atoms with Crippen LogP contribution in [0.3, 0.4) is 0 Å². The monoisotopic (exact) mass is 404 g/mol. The molecule has 6 nitrogen and oxygen atoms in total. The molecule has 0 radical (unpaired) electrons. The van der Waals surface area contributed by atoms with E-state index in [2.05, 4.69) is 5.32 Å². The molecule has 1 aromatic heterocycles. The van der Waals surface area contributed by atoms with Gasteiger partial charge < -0.3 is 19.4 Å². The highest BCUT2D eigenvalue weighted by Gasteiger charge is 2.26. The van der Waals surface area contributed by atoms with Crippen molar-refractivity contribution in [3.8, 4) is 5.95 Å². The molecule has 2 heterocycles. The van der Waals surface area contributed by atoms with E-state index in [1.807, 2.05) is 24.3 Å². The number of hydrogen-bond acceptors (Lipinski definition) is 4. The van der Waals surface area contributed by atoms with Crippen LogP contribution in [0.15, 0.2) is 40.8 Å². The lowest BCUT2D eigenvalue weighted by molar-refractivity contribution is -0.121. The molecule has 0 spiro atoms. The summed E-state index contributed by atoms with van der Waals surface area (Å²) in [5.41, 5.74) is 0.904. The number of carbonyl (C=O) groups excluding carboxylic acids is 2. The maximum atomic E-state index is 12.6. The number of methoxy groups -OCH3 is 1. The summed E-state index contributed by atoms with van der Waals surface area (Å²) in [6.45, 7) is 1.77. The number of furan rings is 1. The summed E-state index contributed by atoms with van der Waals surface area (Å²) in [6, 6.07) is 10.7. The second kappa shape index (κ2) is 9.64. The number of ether oxygens (including phenoxy) is 1. The normalized spacial score (nSPS) is 16.6. The Morgan fingerprint density at radius 1 is 1.29 bits per heavy atom. The first-order valence-corrected chi connectivity index (χ1v) is 9.88. The third-order valence-electron chi connectivity index (χ3n) is 5.01. The highest BCUT2D eigenvalue weighted by Crippen LogP contribution is 2.24. The molecule has 0 bridgehead atoms. The van der Waals surface area contributed by atoms with Crippen molar-refractivity contribution in [3.05, 3.63) is 52.7 Å². The molecule has 7 heteroatoms. The minimum Gasteiger partial charge on any atom is -0.468 e. The van der Waals surface area contributed by atoms with Gasteiger partial charge in [-0.25, -0.2) is 0 Å². The van der Waals surface area contributed by atoms with Crippen LogP contribution in [-0.2, 0) is 11.3 Å². The lowest BCUT2D eigenvalue weighted by Gasteiger charge is -2.32. The molecular formula is C21H25ClN2O4. The van der Waals surface area contributed by atoms with Gasteiger partial charge >= 0.3 is 0 Å². The van der Waals surface area contributed by atoms with Crippen molar-refractivity contribution in [2.45, 2.75) is 32.2 Å². The molecule has 150 valence electrons. The van der Waals surface area contributed by atoms with Crippen LogP contribution in [0.4, 0.5) is 0 Å². The first-order valence-electron chi connectivity index (χ1n) is 9.50. The van der Waals surface area contributed by atoms with Crippen molar-refractivity contribution in [2.24, 2.45) is 5.92 Å². The number of benzene rings is 1. The minimum absolute atomic E-state index is 0.000796. The maximum Gasteiger partial charge on any atom is 0.289 e. The quantitative estimate of drug-likeness (QED) is 0.759. The molecule has 0 saturated carbocycles. The molecule has 0 aliphatic carbocycles. The van der Waals surface area contributed by atoms with E-state index < -0.39 is 0 Å². The van der Waals surface area contributed by atoms with E-state index in [1.54, 1.807) is 17.0 Å². The van der Waals surface area contributed by atoms with Crippen molar-refractivity contribution >= 4 is 23.4 Å². The number of nitrogens with zero attached hydrogens (tertiary/aromatic N) is 1. The highest BCUT2D eigenvalue weighted by molar-refractivity contribution is 6.31. The van der Waals surface area contributed by atoms with Crippen LogP contribution in [0.1, 0.15) is 41.8 Å². The summed E-state index contributed by atoms with van der Waals surface area (Å²) < 4.78 is 10.4. The Bertz CT molecular complexity index is 820. The molecule has 1 atom stereocenters. The van der Waals surface area contributed by atoms with Gasteiger partial charge in [0.1, 0.15) is 0 Å². The second-order valence-electron chi connectivity index (χ2n) is 6.99. The Morgan fingerprint density at radius 2 is 2.11 bits per heavy atom. The van der Waals surface area contributed by atoms with Crippen LogP contribution < -0.4 is 10.1 Å². The first kappa shape index (κ1) is 20.3. The smallest absolute Gasteiger partial charge is 0.289 e. The van der Waals surface area contributed by atoms with Gasteiger partial charge in [0.2, 0.25) is 5.91 Å². The Hall–Kier alpha value is -2.47. The molecule has 0 unspecified atom stereocenters. The van der Waals surface area contributed by atoms with E-state index in [-0.39, 0.29) is 17.6 Å². The third kappa shape index (κ3) is 5.29. The second-order valence-corrected chi connectivity index (χ2v) is 7.40. The predicted octanol–water partition coefficient (Wildman–Crippen LogP) is 3.89. The molecule has 1 aliphatic heterocycles. The van der Waals surface area contributed by atoms with Crippen molar-refractivity contribution in [2.75, 3.05) is 20.2 Å². The van der Waals surface area contributed by atoms with Crippen molar-refractivity contribution in [1.82, 2.24) is 10.2 Å². The number of amides is 2. The van der Waals surface area contributed by atoms with Gasteiger partial charge in [-0.05, 0) is 42.9 Å². The number of nitrogens with one attached hydrogen (secondary N) is 1. The number of rotatable bonds is 7. The zero-order valence-electron chi connectivity index (χ0n) is 15.9. The Balaban J connectivity index is 1.45. The first-order chi connectivity index (χ1) is 13.6. The van der Waals surface area contributed by atoms with Crippen molar-refractivity contribution < 1.29 is 18.7 Å². The van der Waals surface area contributed by atoms with Crippen LogP contribution in [0, 0.1) is 5.92 Å². The Kier molecular flexibility index (Phi) is 6.98. The van der Waals surface area contributed by atoms with Gasteiger partial charge in [0.05, 0.1) is 7.11 Å². The van der Waals surface area contributed by atoms with E-state index in [1.165, 1.54) is 7.11 Å². The SMILES string of the molecule is COc1ccc(C(=O)N2CCC[C@H](CCC(=O)NCc3ccccc3Cl)C2)o1. The number of likely N-dealkylation sites (tertiary alicyclic amines) is 1. The van der Waals surface area contributed by atoms with E-state index >= 15 is 0 Å². The minimum atomic E-state index is -0.129. The van der Waals surface area contributed by atoms with Crippen LogP contribution in [0.25, 0.3) is 0 Å². The fraction of sp³-hybridized carbons (Fsp3) is 0.429. The molecular weight excluding hydrogens is 380 g/mol. The lowest BCUT2D eigenvalue weighted by Crippen LogP contribution is -2.40. The van der Waals surface area contributed by atoms with Gasteiger partial charge in [-0.15, -0.1) is 0 Å². The van der Waals surface area contributed by atoms with Crippen LogP contribution in [-0.4, -0.2) is 36.9 Å². The number of halogens is 1. The average Bonchev–Trinajstić information content (AvgIpc) is 3.20. The lowest BCUT2D eigenvalue weighted by atomic mass is 9.93. The maximum absolute atomic E-state index is 12.6. The Morgan fingerprint density at radius 3 is 2.86 bits per heavy atom. The van der Waals surface area contributed by atoms with E-state index in [4.69, 9.17) is 20.8 Å². The summed E-state index contributed by atoms with van der Waals surface area (Å²) in [6.07, 6.45) is 3.13. The zero-order chi connectivity index (χ0) is 19.9. The summed E-state index contributed by atoms with van der Waals surface area (Å²) in [5.74, 6) is 0.790. The van der Waals surface area contributed by atoms with Crippen LogP contribution in [0.5, 0.6) is 5.95 Å². The molecule has 1 N–H and O–H groups in total. The molecule has 1 aromatic carbocycles. The summed E-state index contributed by atoms with van der Waals surface area (Å²) in [7, 11) is 1.50. The number of carbonyl (C=O) groups is 2. The van der Waals surface area contributed by atoms with E-state index in [0.29, 0.717) is 42.9 Å². The molecule has 1 saturated heterocycles. The van der Waals surface area contributed by atoms with Crippen LogP contribution >= 0.6 is 11.6 Å². The van der Waals surface area contributed by atoms with Crippen molar-refractivity contribution in [1.29, 1.82) is 0 Å². The molecule has 1 fully saturated rings. The summed E-state index contributed by atoms with van der Waals surface area (Å²) in [4.78, 5) is 26.6. The molecule has 1 aliphatic rings. The number of hydrogen-bond donors (Lipinski definition) is 1. The fourth-order valence-corrected chi connectivity index (χ4v) is 3.65. The highest BCUT2D eigenvalue weighted by atomic mass is 35.5. The molecule has 2 aromatic rings. The van der Waals surface area contributed by atoms with Crippen molar-refractivity contribution in [3.63, 3.8) is 0 Å². The van der Waals surface area contributed by atoms with E-state index in [0.717, 1.165) is 24.8 Å². The predicted molar refractivity (Wildman–Crippen MR) is 106 cm³/mol. The molecule has 3 rings (SSSR count). The van der Waals surface area contributed by atoms with Gasteiger partial charge in [0.15, 0.2) is 5.76 Å². The summed E-state index contributed by atoms with van der Waals surface area (Å²) in [5, 5.41) is 3.57. The average molecular weight is 405 g/mol. The molecule has 28 heavy (non-hydrogen) atoms. The fourth-order valence-electron chi connectivity index (χ4n) is 3.44. The third-order valence-corrected chi connectivity index (χ3v) is 5.38. The Labute approximate surface area is 169 Å². The largest absolute Gasteiger partial charge is 0.468 e. The van der Waals surface area contributed by atoms with Gasteiger partial charge in [-0.2, -0.15) is 0 Å². The topological polar surface area (TPSA) is 71.8 Å². The van der Waals surface area contributed by atoms with Gasteiger partial charge in [0, 0.05) is 37.1 Å². The standard InChI is InChI=1S/C21H25ClN2O4/c1-27-20-11-9-18(28-20)21(26)24-12-4-5-15(14-24)8-10-19(25)23-13-16-6-2-3-7-17(16)22/h2-3,6-7,9,11,15H,4-5,8,10,12-14H2,1H3,(H,23,25)/t15-/m1/s1. The van der Waals surface area contributed by atoms with Gasteiger partial charge in [-0.1, -0.05) is 29.8 Å². The summed E-state index contributed by atoms with van der Waals surface area (Å²) >= 11 is 6.11. The van der Waals surface area contributed by atoms with Gasteiger partial charge in [0.25, 0.3) is 11.9 Å².